The molecule has 3 amide bonds. The molecule has 3 aromatic heterocycles. The van der Waals surface area contributed by atoms with E-state index in [0.717, 1.165) is 16.7 Å². The van der Waals surface area contributed by atoms with Gasteiger partial charge in [-0.15, -0.1) is 0 Å². The van der Waals surface area contributed by atoms with Crippen LogP contribution in [0, 0.1) is 0 Å². The van der Waals surface area contributed by atoms with E-state index in [4.69, 9.17) is 69.1 Å². The number of amides is 3. The van der Waals surface area contributed by atoms with Crippen LogP contribution in [-0.4, -0.2) is 183 Å². The molecule has 0 spiro atoms. The third-order valence-electron chi connectivity index (χ3n) is 26.5. The molecule has 0 bridgehead atoms. The fourth-order valence-electron chi connectivity index (χ4n) is 19.5. The smallest absolute Gasteiger partial charge is 0.481 e. The molecule has 6 heterocycles. The van der Waals surface area contributed by atoms with Gasteiger partial charge in [0, 0.05) is 59.4 Å². The maximum absolute atomic E-state index is 15.1. The summed E-state index contributed by atoms with van der Waals surface area (Å²) in [5, 5.41) is 17.2. The second kappa shape index (κ2) is 48.3. The predicted octanol–water partition coefficient (Wildman–Crippen LogP) is 24.2. The molecule has 6 N–H and O–H groups in total. The summed E-state index contributed by atoms with van der Waals surface area (Å²) >= 11 is 0. The third-order valence-corrected chi connectivity index (χ3v) is 33.9. The molecule has 3 saturated carbocycles. The van der Waals surface area contributed by atoms with Crippen molar-refractivity contribution in [3.8, 4) is 17.2 Å². The van der Waals surface area contributed by atoms with Gasteiger partial charge >= 0.3 is 49.1 Å². The number of anilines is 12. The number of methoxy groups -OCH3 is 3. The maximum Gasteiger partial charge on any atom is 0.481 e. The Morgan fingerprint density at radius 2 is 0.577 bits per heavy atom. The van der Waals surface area contributed by atoms with Crippen LogP contribution < -0.4 is 46.1 Å². The second-order valence-corrected chi connectivity index (χ2v) is 44.1. The quantitative estimate of drug-likeness (QED) is 0.0117. The lowest BCUT2D eigenvalue weighted by atomic mass is 9.80. The summed E-state index contributed by atoms with van der Waals surface area (Å²) in [4.78, 5) is 71.7. The Morgan fingerprint density at radius 3 is 0.805 bits per heavy atom. The molecule has 0 saturated heterocycles. The number of nitrogens with zero attached hydrogens (tertiary/aromatic N) is 9. The molecular formula is C99H120F9N15O22P4. The van der Waals surface area contributed by atoms with E-state index in [2.05, 4.69) is 61.8 Å². The number of phosphoric acid groups is 1. The topological polar surface area (TPSA) is 417 Å². The maximum atomic E-state index is 15.1. The van der Waals surface area contributed by atoms with Gasteiger partial charge in [-0.2, -0.15) is 54.5 Å². The fraction of sp³-hybridized carbons (Fsp3) is 0.485. The van der Waals surface area contributed by atoms with Crippen LogP contribution in [0.1, 0.15) is 234 Å². The Labute approximate surface area is 855 Å². The van der Waals surface area contributed by atoms with Crippen molar-refractivity contribution < 1.29 is 141 Å². The van der Waals surface area contributed by atoms with E-state index in [0.29, 0.717) is 129 Å². The molecule has 3 aliphatic heterocycles. The number of nitrogens with one attached hydrogen (secondary N) is 6. The molecule has 149 heavy (non-hydrogen) atoms. The fourth-order valence-corrected chi connectivity index (χ4v) is 25.4. The Kier molecular flexibility index (Phi) is 36.3. The molecule has 6 aliphatic rings. The van der Waals surface area contributed by atoms with E-state index >= 15 is 4.57 Å². The van der Waals surface area contributed by atoms with Gasteiger partial charge in [-0.05, 0) is 241 Å². The zero-order chi connectivity index (χ0) is 107. The molecule has 0 radical (unpaired) electrons. The van der Waals surface area contributed by atoms with E-state index < -0.39 is 140 Å². The van der Waals surface area contributed by atoms with E-state index in [1.165, 1.54) is 36.0 Å². The molecule has 9 aromatic rings. The Balaban J connectivity index is 0.612. The largest absolute Gasteiger partial charge is 0.495 e. The molecule has 50 heteroatoms. The van der Waals surface area contributed by atoms with Gasteiger partial charge in [0.2, 0.25) is 17.8 Å². The van der Waals surface area contributed by atoms with Gasteiger partial charge in [0.15, 0.2) is 20.4 Å². The lowest BCUT2D eigenvalue weighted by Crippen LogP contribution is -2.24. The van der Waals surface area contributed by atoms with E-state index in [1.54, 1.807) is 154 Å². The number of carbonyl (C=O) groups is 3. The SMILES string of the molecule is CCOP(=O)(Cc1ccc(Nc2ncc(C(F)(F)F)c(Nc3ccc(C4CCC(OCOP(=O)(OCOC5CCC(c6ccc(Nc7nc(Nc8ccc(CP(=O)(OCC)OCC)cc8OC)ncc7C(F)(F)F)c7c6CN(C)C7=O)CC5)OCOC5CCC(c6ccc(Nc7nc(Nc8ccc(CP(=O)(OCC)OCC)cc8OC)ncc7C(F)(F)F)c7c6CN(C)C7=O)CC5)CC4)c4c3C(=O)N(C)C4)n2)c(OC)c1)OCC. The summed E-state index contributed by atoms with van der Waals surface area (Å²) in [5.74, 6) is -3.86. The molecular weight excluding hydrogens is 2050 g/mol. The van der Waals surface area contributed by atoms with Gasteiger partial charge in [0.1, 0.15) is 51.4 Å². The Hall–Kier alpha value is -11.0. The highest BCUT2D eigenvalue weighted by Gasteiger charge is 2.45. The average Bonchev–Trinajstić information content (AvgIpc) is 1.62. The van der Waals surface area contributed by atoms with Gasteiger partial charge < -0.3 is 102 Å². The molecule has 15 rings (SSSR count). The minimum Gasteiger partial charge on any atom is -0.495 e. The first-order chi connectivity index (χ1) is 71.1. The standard InChI is InChI=1S/C99H120F9N15O22P4/c1-13-137-146(127,138-14-2)52-58-19-37-76(82(43-58)131-10)115-94-109-46-73(97(100,101)102)88(118-94)112-79-40-34-67(70-49-121(7)91(124)85(70)79)61-22-28-64(29-23-61)134-55-143-149(130,144-56-135-65-30-24-62(25-31-65)68-35-41-80(86-71(68)50-122(8)92(86)125)113-89-74(98(103,104)105)47-110-95(119-89)116-77-38-20-59(44-83(77)132-11)53-147(128,139-15-3)140-16-4)145-57-136-66-32-26-63(27-33-66)69-36-42-81(87-72(69)51-123(9)93(87)126)114-90-75(99(106,107)108)48-111-96(120-90)117-78-39-21-60(45-84(78)133-12)54-148(129,141-17-5)142-18-6/h19-21,34-48,61-66H,13-18,22-33,49-57H2,1-12H3,(H2,109,112,115,118)(H2,110,113,116,119)(H2,111,114,117,120). The zero-order valence-corrected chi connectivity index (χ0v) is 87.7. The molecule has 6 aromatic carbocycles. The summed E-state index contributed by atoms with van der Waals surface area (Å²) in [7, 11) is -6.39. The van der Waals surface area contributed by atoms with Gasteiger partial charge in [0.25, 0.3) is 17.7 Å². The van der Waals surface area contributed by atoms with Crippen LogP contribution >= 0.6 is 30.6 Å². The number of aromatic nitrogens is 6. The second-order valence-electron chi connectivity index (χ2n) is 36.3. The average molecular weight is 2170 g/mol. The zero-order valence-electron chi connectivity index (χ0n) is 84.1. The number of rotatable bonds is 48. The van der Waals surface area contributed by atoms with Gasteiger partial charge in [-0.1, -0.05) is 36.4 Å². The van der Waals surface area contributed by atoms with Crippen molar-refractivity contribution >= 4 is 118 Å². The number of alkyl halides is 9. The van der Waals surface area contributed by atoms with E-state index in [-0.39, 0.29) is 181 Å². The number of ether oxygens (including phenoxy) is 6. The van der Waals surface area contributed by atoms with Gasteiger partial charge in [-0.25, -0.2) is 19.5 Å². The lowest BCUT2D eigenvalue weighted by molar-refractivity contribution is -0.138. The minimum absolute atomic E-state index is 0.0681. The van der Waals surface area contributed by atoms with Crippen molar-refractivity contribution in [2.24, 2.45) is 0 Å². The Bertz CT molecular complexity index is 5900. The number of hydrogen-bond acceptors (Lipinski definition) is 34. The van der Waals surface area contributed by atoms with Crippen LogP contribution in [0.15, 0.2) is 110 Å². The number of benzene rings is 6. The highest BCUT2D eigenvalue weighted by molar-refractivity contribution is 7.53. The first kappa shape index (κ1) is 112. The summed E-state index contributed by atoms with van der Waals surface area (Å²) in [6, 6.07) is 24.3. The van der Waals surface area contributed by atoms with Crippen molar-refractivity contribution in [1.29, 1.82) is 0 Å². The van der Waals surface area contributed by atoms with Crippen LogP contribution in [-0.2, 0) is 130 Å². The van der Waals surface area contributed by atoms with Crippen molar-refractivity contribution in [3.05, 3.63) is 193 Å². The van der Waals surface area contributed by atoms with Crippen LogP contribution in [0.5, 0.6) is 17.2 Å². The number of hydrogen-bond donors (Lipinski definition) is 6. The summed E-state index contributed by atoms with van der Waals surface area (Å²) < 4.78 is 276. The van der Waals surface area contributed by atoms with Crippen molar-refractivity contribution in [2.45, 2.75) is 211 Å². The minimum atomic E-state index is -4.95. The Morgan fingerprint density at radius 1 is 0.336 bits per heavy atom. The van der Waals surface area contributed by atoms with Crippen LogP contribution in [0.2, 0.25) is 0 Å². The first-order valence-corrected chi connectivity index (χ1v) is 55.5. The molecule has 0 unspecified atom stereocenters. The summed E-state index contributed by atoms with van der Waals surface area (Å²) in [6.07, 6.45) is -9.01. The van der Waals surface area contributed by atoms with E-state index in [1.807, 2.05) is 0 Å². The monoisotopic (exact) mass is 2170 g/mol. The first-order valence-electron chi connectivity index (χ1n) is 48.8. The normalized spacial score (nSPS) is 18.6. The number of phosphoric ester groups is 1. The summed E-state index contributed by atoms with van der Waals surface area (Å²) in [5.41, 5.74) is 3.63. The van der Waals surface area contributed by atoms with Crippen LogP contribution in [0.4, 0.5) is 109 Å². The van der Waals surface area contributed by atoms with Crippen molar-refractivity contribution in [2.75, 3.05) is 134 Å². The number of carbonyl (C=O) groups excluding carboxylic acids is 3. The van der Waals surface area contributed by atoms with Crippen molar-refractivity contribution in [3.63, 3.8) is 0 Å². The number of fused-ring (bicyclic) bond motifs is 3. The predicted molar refractivity (Wildman–Crippen MR) is 534 cm³/mol. The number of halogens is 9. The lowest BCUT2D eigenvalue weighted by Gasteiger charge is -2.31. The van der Waals surface area contributed by atoms with Crippen LogP contribution in [0.3, 0.4) is 0 Å². The van der Waals surface area contributed by atoms with Crippen molar-refractivity contribution in [1.82, 2.24) is 44.6 Å². The highest BCUT2D eigenvalue weighted by atomic mass is 31.2. The molecule has 37 nitrogen and oxygen atoms in total. The molecule has 0 atom stereocenters. The van der Waals surface area contributed by atoms with Gasteiger partial charge in [0.05, 0.1) is 149 Å². The molecule has 3 fully saturated rings. The highest BCUT2D eigenvalue weighted by Crippen LogP contribution is 2.58. The molecule has 3 aliphatic carbocycles. The van der Waals surface area contributed by atoms with E-state index in [9.17, 15) is 67.6 Å². The summed E-state index contributed by atoms with van der Waals surface area (Å²) in [6.45, 7) is 9.55. The van der Waals surface area contributed by atoms with Gasteiger partial charge in [-0.3, -0.25) is 41.6 Å². The molecule has 806 valence electrons. The third kappa shape index (κ3) is 27.0. The van der Waals surface area contributed by atoms with Crippen LogP contribution in [0.25, 0.3) is 0 Å².